The van der Waals surface area contributed by atoms with Gasteiger partial charge in [-0.2, -0.15) is 0 Å². The highest BCUT2D eigenvalue weighted by atomic mass is 16.4. The Balaban J connectivity index is 1.67. The Morgan fingerprint density at radius 1 is 1.58 bits per heavy atom. The summed E-state index contributed by atoms with van der Waals surface area (Å²) in [5.41, 5.74) is -0.0958. The van der Waals surface area contributed by atoms with Crippen molar-refractivity contribution in [2.75, 3.05) is 13.1 Å². The van der Waals surface area contributed by atoms with Crippen LogP contribution in [0, 0.1) is 0 Å². The van der Waals surface area contributed by atoms with Gasteiger partial charge in [-0.25, -0.2) is 9.48 Å². The minimum Gasteiger partial charge on any atom is -0.476 e. The number of carboxylic acid groups (broad SMARTS) is 1. The number of nitrogens with one attached hydrogen (secondary N) is 2. The maximum Gasteiger partial charge on any atom is 0.358 e. The van der Waals surface area contributed by atoms with Gasteiger partial charge in [0.05, 0.1) is 12.7 Å². The first-order chi connectivity index (χ1) is 9.15. The second-order valence-corrected chi connectivity index (χ2v) is 4.52. The summed E-state index contributed by atoms with van der Waals surface area (Å²) >= 11 is 0. The summed E-state index contributed by atoms with van der Waals surface area (Å²) in [6, 6.07) is 0.282. The molecule has 1 amide bonds. The van der Waals surface area contributed by atoms with Crippen LogP contribution in [0.5, 0.6) is 0 Å². The third-order valence-corrected chi connectivity index (χ3v) is 3.02. The standard InChI is InChI=1S/C11H17N5O3/c17-10(6-8-2-1-3-12-8)13-4-5-16-7-9(11(18)19)14-15-16/h7-8,12H,1-6H2,(H,13,17)(H,18,19). The van der Waals surface area contributed by atoms with Gasteiger partial charge in [-0.15, -0.1) is 5.10 Å². The van der Waals surface area contributed by atoms with Crippen LogP contribution in [0.3, 0.4) is 0 Å². The van der Waals surface area contributed by atoms with Gasteiger partial charge in [0.25, 0.3) is 0 Å². The molecule has 8 heteroatoms. The normalized spacial score (nSPS) is 18.4. The summed E-state index contributed by atoms with van der Waals surface area (Å²) < 4.78 is 1.40. The van der Waals surface area contributed by atoms with Gasteiger partial charge in [-0.05, 0) is 19.4 Å². The SMILES string of the molecule is O=C(CC1CCCN1)NCCn1cc(C(=O)O)nn1. The van der Waals surface area contributed by atoms with Crippen molar-refractivity contribution in [3.05, 3.63) is 11.9 Å². The first-order valence-corrected chi connectivity index (χ1v) is 6.28. The van der Waals surface area contributed by atoms with Crippen LogP contribution >= 0.6 is 0 Å². The molecule has 0 saturated carbocycles. The molecule has 8 nitrogen and oxygen atoms in total. The molecule has 1 unspecified atom stereocenters. The quantitative estimate of drug-likeness (QED) is 0.624. The number of aromatic carboxylic acids is 1. The summed E-state index contributed by atoms with van der Waals surface area (Å²) in [6.07, 6.45) is 3.98. The number of hydrogen-bond donors (Lipinski definition) is 3. The minimum absolute atomic E-state index is 0.00188. The molecule has 1 fully saturated rings. The Bertz CT molecular complexity index is 453. The Kier molecular flexibility index (Phi) is 4.45. The minimum atomic E-state index is -1.11. The van der Waals surface area contributed by atoms with Crippen LogP contribution in [0.25, 0.3) is 0 Å². The molecule has 3 N–H and O–H groups in total. The zero-order valence-corrected chi connectivity index (χ0v) is 10.5. The second-order valence-electron chi connectivity index (χ2n) is 4.52. The number of hydrogen-bond acceptors (Lipinski definition) is 5. The topological polar surface area (TPSA) is 109 Å². The highest BCUT2D eigenvalue weighted by Crippen LogP contribution is 2.07. The number of amides is 1. The third kappa shape index (κ3) is 4.02. The molecule has 0 aliphatic carbocycles. The zero-order chi connectivity index (χ0) is 13.7. The number of nitrogens with zero attached hydrogens (tertiary/aromatic N) is 3. The van der Waals surface area contributed by atoms with Gasteiger partial charge in [0.15, 0.2) is 5.69 Å². The van der Waals surface area contributed by atoms with Crippen LogP contribution in [0.4, 0.5) is 0 Å². The monoisotopic (exact) mass is 267 g/mol. The maximum atomic E-state index is 11.6. The van der Waals surface area contributed by atoms with E-state index in [1.165, 1.54) is 10.9 Å². The molecule has 2 heterocycles. The molecule has 1 aliphatic rings. The lowest BCUT2D eigenvalue weighted by atomic mass is 10.1. The number of rotatable bonds is 6. The molecule has 1 aromatic heterocycles. The number of carboxylic acids is 1. The van der Waals surface area contributed by atoms with Crippen molar-refractivity contribution in [3.63, 3.8) is 0 Å². The smallest absolute Gasteiger partial charge is 0.358 e. The number of carbonyl (C=O) groups excluding carboxylic acids is 1. The van der Waals surface area contributed by atoms with E-state index < -0.39 is 5.97 Å². The molecule has 1 atom stereocenters. The molecule has 0 radical (unpaired) electrons. The Hall–Kier alpha value is -1.96. The Labute approximate surface area is 110 Å². The lowest BCUT2D eigenvalue weighted by Crippen LogP contribution is -2.33. The van der Waals surface area contributed by atoms with Crippen LogP contribution in [0.1, 0.15) is 29.8 Å². The first kappa shape index (κ1) is 13.5. The molecule has 0 spiro atoms. The predicted molar refractivity (Wildman–Crippen MR) is 65.6 cm³/mol. The zero-order valence-electron chi connectivity index (χ0n) is 10.5. The van der Waals surface area contributed by atoms with Gasteiger partial charge in [-0.3, -0.25) is 4.79 Å². The maximum absolute atomic E-state index is 11.6. The van der Waals surface area contributed by atoms with Gasteiger partial charge in [0.2, 0.25) is 5.91 Å². The largest absolute Gasteiger partial charge is 0.476 e. The highest BCUT2D eigenvalue weighted by Gasteiger charge is 2.17. The van der Waals surface area contributed by atoms with E-state index in [9.17, 15) is 9.59 Å². The van der Waals surface area contributed by atoms with Gasteiger partial charge in [0.1, 0.15) is 0 Å². The number of aromatic nitrogens is 3. The van der Waals surface area contributed by atoms with E-state index in [0.717, 1.165) is 19.4 Å². The van der Waals surface area contributed by atoms with E-state index in [2.05, 4.69) is 20.9 Å². The highest BCUT2D eigenvalue weighted by molar-refractivity contribution is 5.84. The molecule has 104 valence electrons. The van der Waals surface area contributed by atoms with Crippen molar-refractivity contribution in [2.45, 2.75) is 31.8 Å². The van der Waals surface area contributed by atoms with E-state index in [1.54, 1.807) is 0 Å². The van der Waals surface area contributed by atoms with E-state index in [4.69, 9.17) is 5.11 Å². The molecular formula is C11H17N5O3. The predicted octanol–water partition coefficient (Wildman–Crippen LogP) is -0.765. The summed E-state index contributed by atoms with van der Waals surface area (Å²) in [5.74, 6) is -1.11. The van der Waals surface area contributed by atoms with E-state index >= 15 is 0 Å². The van der Waals surface area contributed by atoms with Crippen LogP contribution in [0.15, 0.2) is 6.20 Å². The molecule has 2 rings (SSSR count). The van der Waals surface area contributed by atoms with Crippen molar-refractivity contribution in [1.82, 2.24) is 25.6 Å². The summed E-state index contributed by atoms with van der Waals surface area (Å²) in [5, 5.41) is 21.9. The molecule has 0 bridgehead atoms. The van der Waals surface area contributed by atoms with Gasteiger partial charge in [0, 0.05) is 19.0 Å². The Morgan fingerprint density at radius 2 is 2.42 bits per heavy atom. The lowest BCUT2D eigenvalue weighted by Gasteiger charge is -2.10. The molecule has 1 aliphatic heterocycles. The van der Waals surface area contributed by atoms with Gasteiger partial charge < -0.3 is 15.7 Å². The van der Waals surface area contributed by atoms with Crippen LogP contribution in [-0.4, -0.2) is 51.1 Å². The van der Waals surface area contributed by atoms with Crippen molar-refractivity contribution >= 4 is 11.9 Å². The second kappa shape index (κ2) is 6.28. The first-order valence-electron chi connectivity index (χ1n) is 6.28. The van der Waals surface area contributed by atoms with Crippen LogP contribution in [-0.2, 0) is 11.3 Å². The molecule has 1 aromatic rings. The van der Waals surface area contributed by atoms with E-state index in [-0.39, 0.29) is 17.6 Å². The van der Waals surface area contributed by atoms with E-state index in [0.29, 0.717) is 19.5 Å². The van der Waals surface area contributed by atoms with Crippen LogP contribution in [0.2, 0.25) is 0 Å². The summed E-state index contributed by atoms with van der Waals surface area (Å²) in [6.45, 7) is 1.80. The fraction of sp³-hybridized carbons (Fsp3) is 0.636. The van der Waals surface area contributed by atoms with E-state index in [1.807, 2.05) is 0 Å². The van der Waals surface area contributed by atoms with Crippen molar-refractivity contribution in [2.24, 2.45) is 0 Å². The van der Waals surface area contributed by atoms with Gasteiger partial charge >= 0.3 is 5.97 Å². The average molecular weight is 267 g/mol. The molecule has 1 saturated heterocycles. The lowest BCUT2D eigenvalue weighted by molar-refractivity contribution is -0.121. The van der Waals surface area contributed by atoms with Crippen molar-refractivity contribution < 1.29 is 14.7 Å². The molecule has 19 heavy (non-hydrogen) atoms. The number of carbonyl (C=O) groups is 2. The molecular weight excluding hydrogens is 250 g/mol. The summed E-state index contributed by atoms with van der Waals surface area (Å²) in [7, 11) is 0. The van der Waals surface area contributed by atoms with Crippen molar-refractivity contribution in [3.8, 4) is 0 Å². The third-order valence-electron chi connectivity index (χ3n) is 3.02. The van der Waals surface area contributed by atoms with Gasteiger partial charge in [-0.1, -0.05) is 5.21 Å². The summed E-state index contributed by atoms with van der Waals surface area (Å²) in [4.78, 5) is 22.2. The fourth-order valence-electron chi connectivity index (χ4n) is 2.04. The molecule has 0 aromatic carbocycles. The Morgan fingerprint density at radius 3 is 3.05 bits per heavy atom. The average Bonchev–Trinajstić information content (AvgIpc) is 3.00. The fourth-order valence-corrected chi connectivity index (χ4v) is 2.04. The van der Waals surface area contributed by atoms with Crippen LogP contribution < -0.4 is 10.6 Å². The van der Waals surface area contributed by atoms with Crippen molar-refractivity contribution in [1.29, 1.82) is 0 Å².